The quantitative estimate of drug-likeness (QED) is 0.727. The minimum Gasteiger partial charge on any atom is -0.315 e. The Balaban J connectivity index is 2.07. The van der Waals surface area contributed by atoms with E-state index in [2.05, 4.69) is 50.4 Å². The molecule has 16 heavy (non-hydrogen) atoms. The Bertz CT molecular complexity index is 297. The number of benzene rings is 1. The van der Waals surface area contributed by atoms with Crippen LogP contribution in [0.5, 0.6) is 0 Å². The summed E-state index contributed by atoms with van der Waals surface area (Å²) in [6, 6.07) is 9.40. The van der Waals surface area contributed by atoms with Gasteiger partial charge in [0, 0.05) is 11.8 Å². The number of aryl methyl sites for hydroxylation is 1. The summed E-state index contributed by atoms with van der Waals surface area (Å²) in [6.07, 6.45) is 1.26. The molecule has 0 aliphatic heterocycles. The van der Waals surface area contributed by atoms with Crippen LogP contribution in [0.1, 0.15) is 31.4 Å². The second kappa shape index (κ2) is 7.75. The van der Waals surface area contributed by atoms with E-state index < -0.39 is 0 Å². The smallest absolute Gasteiger partial charge is 0.0184 e. The van der Waals surface area contributed by atoms with E-state index in [-0.39, 0.29) is 0 Å². The Hall–Kier alpha value is -0.470. The number of nitrogens with one attached hydrogen (secondary N) is 1. The van der Waals surface area contributed by atoms with Gasteiger partial charge in [0.2, 0.25) is 0 Å². The molecule has 0 atom stereocenters. The van der Waals surface area contributed by atoms with Crippen molar-refractivity contribution in [2.75, 3.05) is 12.3 Å². The molecule has 90 valence electrons. The molecule has 0 aromatic heterocycles. The molecule has 0 unspecified atom stereocenters. The van der Waals surface area contributed by atoms with E-state index in [0.717, 1.165) is 12.3 Å². The zero-order valence-corrected chi connectivity index (χ0v) is 11.4. The molecule has 0 heterocycles. The van der Waals surface area contributed by atoms with Crippen LogP contribution in [-0.2, 0) is 5.75 Å². The van der Waals surface area contributed by atoms with E-state index in [1.807, 2.05) is 11.8 Å². The Kier molecular flexibility index (Phi) is 6.58. The maximum atomic E-state index is 3.44. The monoisotopic (exact) mass is 237 g/mol. The largest absolute Gasteiger partial charge is 0.315 e. The minimum absolute atomic E-state index is 0.613. The molecule has 0 aliphatic carbocycles. The van der Waals surface area contributed by atoms with Gasteiger partial charge in [-0.3, -0.25) is 0 Å². The number of hydrogen-bond acceptors (Lipinski definition) is 2. The molecule has 0 bridgehead atoms. The molecule has 1 nitrogen and oxygen atoms in total. The van der Waals surface area contributed by atoms with Gasteiger partial charge in [-0.1, -0.05) is 43.7 Å². The average Bonchev–Trinajstić information content (AvgIpc) is 2.23. The fraction of sp³-hybridized carbons (Fsp3) is 0.571. The summed E-state index contributed by atoms with van der Waals surface area (Å²) in [5, 5.41) is 3.44. The van der Waals surface area contributed by atoms with Gasteiger partial charge in [-0.05, 0) is 31.2 Å². The van der Waals surface area contributed by atoms with Crippen LogP contribution in [0.3, 0.4) is 0 Å². The van der Waals surface area contributed by atoms with Gasteiger partial charge in [0.25, 0.3) is 0 Å². The van der Waals surface area contributed by atoms with Gasteiger partial charge in [0.1, 0.15) is 0 Å². The second-order valence-electron chi connectivity index (χ2n) is 4.50. The summed E-state index contributed by atoms with van der Waals surface area (Å²) in [5.74, 6) is 2.39. The zero-order valence-electron chi connectivity index (χ0n) is 10.6. The molecule has 0 saturated heterocycles. The van der Waals surface area contributed by atoms with Crippen LogP contribution >= 0.6 is 11.8 Å². The number of rotatable bonds is 7. The SMILES string of the molecule is Cc1cccc(CSCCCNC(C)C)c1. The van der Waals surface area contributed by atoms with Gasteiger partial charge >= 0.3 is 0 Å². The molecule has 1 aromatic rings. The zero-order chi connectivity index (χ0) is 11.8. The molecule has 0 saturated carbocycles. The van der Waals surface area contributed by atoms with E-state index in [1.54, 1.807) is 0 Å². The van der Waals surface area contributed by atoms with Gasteiger partial charge in [-0.25, -0.2) is 0 Å². The lowest BCUT2D eigenvalue weighted by Gasteiger charge is -2.07. The summed E-state index contributed by atoms with van der Waals surface area (Å²) < 4.78 is 0. The normalized spacial score (nSPS) is 11.0. The van der Waals surface area contributed by atoms with E-state index in [0.29, 0.717) is 6.04 Å². The molecule has 0 fully saturated rings. The predicted molar refractivity (Wildman–Crippen MR) is 75.1 cm³/mol. The molecular weight excluding hydrogens is 214 g/mol. The second-order valence-corrected chi connectivity index (χ2v) is 5.61. The summed E-state index contributed by atoms with van der Waals surface area (Å²) in [4.78, 5) is 0. The fourth-order valence-electron chi connectivity index (χ4n) is 1.56. The third kappa shape index (κ3) is 6.19. The summed E-state index contributed by atoms with van der Waals surface area (Å²) in [6.45, 7) is 7.68. The van der Waals surface area contributed by atoms with Crippen LogP contribution in [0.15, 0.2) is 24.3 Å². The van der Waals surface area contributed by atoms with Gasteiger partial charge in [-0.15, -0.1) is 0 Å². The fourth-order valence-corrected chi connectivity index (χ4v) is 2.46. The minimum atomic E-state index is 0.613. The summed E-state index contributed by atoms with van der Waals surface area (Å²) >= 11 is 2.03. The van der Waals surface area contributed by atoms with Gasteiger partial charge in [0.05, 0.1) is 0 Å². The maximum absolute atomic E-state index is 3.44. The molecule has 0 aliphatic rings. The van der Waals surface area contributed by atoms with Gasteiger partial charge in [0.15, 0.2) is 0 Å². The van der Waals surface area contributed by atoms with Crippen molar-refractivity contribution in [2.24, 2.45) is 0 Å². The first-order valence-electron chi connectivity index (χ1n) is 6.05. The predicted octanol–water partition coefficient (Wildman–Crippen LogP) is 3.62. The molecule has 2 heteroatoms. The van der Waals surface area contributed by atoms with Crippen LogP contribution in [0.2, 0.25) is 0 Å². The highest BCUT2D eigenvalue weighted by molar-refractivity contribution is 7.98. The Morgan fingerprint density at radius 1 is 1.31 bits per heavy atom. The standard InChI is InChI=1S/C14H23NS/c1-12(2)15-8-5-9-16-11-14-7-4-6-13(3)10-14/h4,6-7,10,12,15H,5,8-9,11H2,1-3H3. The summed E-state index contributed by atoms with van der Waals surface area (Å²) in [5.41, 5.74) is 2.81. The molecule has 0 spiro atoms. The van der Waals surface area contributed by atoms with Crippen molar-refractivity contribution in [2.45, 2.75) is 39.0 Å². The average molecular weight is 237 g/mol. The Morgan fingerprint density at radius 2 is 2.12 bits per heavy atom. The van der Waals surface area contributed by atoms with Crippen LogP contribution in [0, 0.1) is 6.92 Å². The van der Waals surface area contributed by atoms with Crippen LogP contribution in [0.25, 0.3) is 0 Å². The number of hydrogen-bond donors (Lipinski definition) is 1. The van der Waals surface area contributed by atoms with Crippen molar-refractivity contribution in [1.29, 1.82) is 0 Å². The van der Waals surface area contributed by atoms with Crippen molar-refractivity contribution in [3.05, 3.63) is 35.4 Å². The van der Waals surface area contributed by atoms with E-state index in [9.17, 15) is 0 Å². The lowest BCUT2D eigenvalue weighted by Crippen LogP contribution is -2.23. The highest BCUT2D eigenvalue weighted by atomic mass is 32.2. The van der Waals surface area contributed by atoms with Crippen LogP contribution < -0.4 is 5.32 Å². The highest BCUT2D eigenvalue weighted by Gasteiger charge is 1.95. The van der Waals surface area contributed by atoms with E-state index in [1.165, 1.54) is 23.3 Å². The number of thioether (sulfide) groups is 1. The molecule has 1 rings (SSSR count). The third-order valence-corrected chi connectivity index (χ3v) is 3.48. The first-order chi connectivity index (χ1) is 7.68. The maximum Gasteiger partial charge on any atom is 0.0184 e. The van der Waals surface area contributed by atoms with Crippen molar-refractivity contribution >= 4 is 11.8 Å². The molecule has 0 radical (unpaired) electrons. The summed E-state index contributed by atoms with van der Waals surface area (Å²) in [7, 11) is 0. The lowest BCUT2D eigenvalue weighted by molar-refractivity contribution is 0.586. The highest BCUT2D eigenvalue weighted by Crippen LogP contribution is 2.13. The topological polar surface area (TPSA) is 12.0 Å². The van der Waals surface area contributed by atoms with E-state index >= 15 is 0 Å². The molecule has 1 N–H and O–H groups in total. The molecular formula is C14H23NS. The molecule has 0 amide bonds. The first-order valence-corrected chi connectivity index (χ1v) is 7.20. The van der Waals surface area contributed by atoms with Crippen LogP contribution in [0.4, 0.5) is 0 Å². The van der Waals surface area contributed by atoms with Crippen molar-refractivity contribution in [1.82, 2.24) is 5.32 Å². The van der Waals surface area contributed by atoms with E-state index in [4.69, 9.17) is 0 Å². The van der Waals surface area contributed by atoms with Crippen molar-refractivity contribution < 1.29 is 0 Å². The van der Waals surface area contributed by atoms with Crippen molar-refractivity contribution in [3.8, 4) is 0 Å². The van der Waals surface area contributed by atoms with Gasteiger partial charge in [-0.2, -0.15) is 11.8 Å². The molecule has 1 aromatic carbocycles. The Morgan fingerprint density at radius 3 is 2.81 bits per heavy atom. The lowest BCUT2D eigenvalue weighted by atomic mass is 10.2. The first kappa shape index (κ1) is 13.6. The van der Waals surface area contributed by atoms with Crippen molar-refractivity contribution in [3.63, 3.8) is 0 Å². The Labute approximate surface area is 104 Å². The third-order valence-electron chi connectivity index (χ3n) is 2.37. The van der Waals surface area contributed by atoms with Gasteiger partial charge < -0.3 is 5.32 Å². The van der Waals surface area contributed by atoms with Crippen LogP contribution in [-0.4, -0.2) is 18.3 Å².